The van der Waals surface area contributed by atoms with Crippen LogP contribution in [0.15, 0.2) is 47.9 Å². The Morgan fingerprint density at radius 3 is 2.04 bits per heavy atom. The van der Waals surface area contributed by atoms with Gasteiger partial charge in [-0.05, 0) is 31.0 Å². The number of halogens is 2. The molecular weight excluding hydrogens is 411 g/mol. The number of benzene rings is 1. The van der Waals surface area contributed by atoms with Gasteiger partial charge in [-0.15, -0.1) is 0 Å². The van der Waals surface area contributed by atoms with E-state index in [0.29, 0.717) is 0 Å². The first-order valence-corrected chi connectivity index (χ1v) is 11.6. The van der Waals surface area contributed by atoms with Gasteiger partial charge in [0.05, 0.1) is 17.3 Å². The van der Waals surface area contributed by atoms with Crippen LogP contribution in [0, 0.1) is 0 Å². The van der Waals surface area contributed by atoms with Crippen molar-refractivity contribution in [1.29, 1.82) is 0 Å². The highest BCUT2D eigenvalue weighted by atomic mass is 35.7. The molecule has 6 nitrogen and oxygen atoms in total. The lowest BCUT2D eigenvalue weighted by atomic mass is 10.2. The minimum Gasteiger partial charge on any atom is -0.462 e. The van der Waals surface area contributed by atoms with E-state index in [1.165, 1.54) is 19.1 Å². The van der Waals surface area contributed by atoms with Crippen molar-refractivity contribution in [2.45, 2.75) is 18.2 Å². The van der Waals surface area contributed by atoms with Crippen LogP contribution in [0.2, 0.25) is 0 Å². The molecule has 0 spiro atoms. The number of ether oxygens (including phenoxy) is 1. The molecule has 0 saturated heterocycles. The molecule has 0 fully saturated rings. The minimum atomic E-state index is -3.59. The Morgan fingerprint density at radius 2 is 1.68 bits per heavy atom. The molecule has 0 aromatic heterocycles. The maximum Gasteiger partial charge on any atom is 0.333 e. The van der Waals surface area contributed by atoms with Crippen LogP contribution in [0.25, 0.3) is 6.08 Å². The summed E-state index contributed by atoms with van der Waals surface area (Å²) < 4.78 is 47.0. The van der Waals surface area contributed by atoms with Crippen molar-refractivity contribution in [2.24, 2.45) is 0 Å². The zero-order valence-electron chi connectivity index (χ0n) is 13.4. The van der Waals surface area contributed by atoms with E-state index in [0.717, 1.165) is 5.56 Å². The van der Waals surface area contributed by atoms with Crippen LogP contribution in [-0.4, -0.2) is 35.2 Å². The first kappa shape index (κ1) is 23.6. The second kappa shape index (κ2) is 10.6. The number of carbonyl (C=O) groups excluding carboxylic acids is 1. The summed E-state index contributed by atoms with van der Waals surface area (Å²) in [5.41, 5.74) is 1.15. The highest BCUT2D eigenvalue weighted by Crippen LogP contribution is 2.15. The van der Waals surface area contributed by atoms with E-state index in [9.17, 15) is 21.6 Å². The van der Waals surface area contributed by atoms with Crippen LogP contribution in [0.4, 0.5) is 0 Å². The molecule has 1 aromatic rings. The number of rotatable bonds is 7. The largest absolute Gasteiger partial charge is 0.462 e. The Labute approximate surface area is 156 Å². The van der Waals surface area contributed by atoms with Gasteiger partial charge in [0.2, 0.25) is 9.05 Å². The van der Waals surface area contributed by atoms with Gasteiger partial charge in [-0.25, -0.2) is 21.6 Å². The maximum atomic E-state index is 10.8. The Kier molecular flexibility index (Phi) is 10.0. The molecule has 10 heteroatoms. The third-order valence-electron chi connectivity index (χ3n) is 2.51. The molecule has 0 bridgehead atoms. The minimum absolute atomic E-state index is 0.0393. The zero-order chi connectivity index (χ0) is 19.7. The van der Waals surface area contributed by atoms with Crippen molar-refractivity contribution in [2.75, 3.05) is 12.4 Å². The third kappa shape index (κ3) is 11.8. The molecule has 1 aromatic carbocycles. The summed E-state index contributed by atoms with van der Waals surface area (Å²) in [6.07, 6.45) is 1.83. The van der Waals surface area contributed by atoms with Crippen molar-refractivity contribution in [3.8, 4) is 0 Å². The van der Waals surface area contributed by atoms with Crippen LogP contribution < -0.4 is 0 Å². The lowest BCUT2D eigenvalue weighted by Crippen LogP contribution is -2.09. The monoisotopic (exact) mass is 428 g/mol. The van der Waals surface area contributed by atoms with Crippen LogP contribution in [-0.2, 0) is 27.6 Å². The predicted octanol–water partition coefficient (Wildman–Crippen LogP) is 3.32. The maximum absolute atomic E-state index is 10.8. The average molecular weight is 429 g/mol. The molecule has 0 saturated carbocycles. The molecule has 0 aliphatic carbocycles. The quantitative estimate of drug-likeness (QED) is 0.286. The number of hydrogen-bond donors (Lipinski definition) is 0. The average Bonchev–Trinajstić information content (AvgIpc) is 2.50. The molecule has 0 N–H and O–H groups in total. The number of esters is 1. The molecule has 0 unspecified atom stereocenters. The molecule has 1 rings (SSSR count). The molecule has 0 atom stereocenters. The molecule has 0 aliphatic heterocycles. The normalized spacial score (nSPS) is 11.0. The van der Waals surface area contributed by atoms with Crippen molar-refractivity contribution < 1.29 is 26.4 Å². The summed E-state index contributed by atoms with van der Waals surface area (Å²) in [4.78, 5) is 10.9. The van der Waals surface area contributed by atoms with E-state index in [1.54, 1.807) is 18.2 Å². The molecule has 0 amide bonds. The van der Waals surface area contributed by atoms with Crippen LogP contribution in [0.1, 0.15) is 18.9 Å². The highest BCUT2D eigenvalue weighted by Gasteiger charge is 2.08. The second-order valence-corrected chi connectivity index (χ2v) is 10.2. The lowest BCUT2D eigenvalue weighted by Gasteiger charge is -2.02. The third-order valence-corrected chi connectivity index (χ3v) is 5.12. The van der Waals surface area contributed by atoms with Crippen molar-refractivity contribution in [3.05, 3.63) is 48.6 Å². The topological polar surface area (TPSA) is 94.6 Å². The number of carbonyl (C=O) groups is 1. The van der Waals surface area contributed by atoms with Crippen molar-refractivity contribution in [1.82, 2.24) is 0 Å². The Morgan fingerprint density at radius 1 is 1.16 bits per heavy atom. The van der Waals surface area contributed by atoms with Crippen molar-refractivity contribution >= 4 is 51.5 Å². The van der Waals surface area contributed by atoms with Gasteiger partial charge in [-0.3, -0.25) is 0 Å². The van der Waals surface area contributed by atoms with Crippen LogP contribution in [0.5, 0.6) is 0 Å². The summed E-state index contributed by atoms with van der Waals surface area (Å²) in [5.74, 6) is -0.718. The fraction of sp³-hybridized carbons (Fsp3) is 0.267. The van der Waals surface area contributed by atoms with Crippen molar-refractivity contribution in [3.63, 3.8) is 0 Å². The highest BCUT2D eigenvalue weighted by molar-refractivity contribution is 8.14. The lowest BCUT2D eigenvalue weighted by molar-refractivity contribution is -0.138. The van der Waals surface area contributed by atoms with E-state index >= 15 is 0 Å². The van der Waals surface area contributed by atoms with Gasteiger partial charge < -0.3 is 4.74 Å². The van der Waals surface area contributed by atoms with Gasteiger partial charge in [0.15, 0.2) is 0 Å². The smallest absolute Gasteiger partial charge is 0.333 e. The first-order chi connectivity index (χ1) is 11.4. The summed E-state index contributed by atoms with van der Waals surface area (Å²) >= 11 is 0. The predicted molar refractivity (Wildman–Crippen MR) is 99.6 cm³/mol. The van der Waals surface area contributed by atoms with Gasteiger partial charge in [0, 0.05) is 26.9 Å². The second-order valence-electron chi connectivity index (χ2n) is 4.72. The summed E-state index contributed by atoms with van der Waals surface area (Å²) in [7, 11) is 2.95. The fourth-order valence-corrected chi connectivity index (χ4v) is 2.85. The molecular formula is C15H18Cl2O6S2. The summed E-state index contributed by atoms with van der Waals surface area (Å²) in [5, 5.41) is 0. The fourth-order valence-electron chi connectivity index (χ4n) is 1.29. The van der Waals surface area contributed by atoms with E-state index in [2.05, 4.69) is 17.9 Å². The zero-order valence-corrected chi connectivity index (χ0v) is 16.6. The summed E-state index contributed by atoms with van der Waals surface area (Å²) in [6.45, 7) is 8.46. The standard InChI is InChI=1S/C8H7ClO2S.C7H11ClO4S/c1-2-7-3-5-8(6-4-7)12(9,10)11;1-6(2)7(9)12-4-3-5-13(8,10)11/h2-6H,1H2;1,3-5H2,2H3. The van der Waals surface area contributed by atoms with E-state index in [4.69, 9.17) is 21.4 Å². The van der Waals surface area contributed by atoms with Gasteiger partial charge in [0.1, 0.15) is 0 Å². The Bertz CT molecular complexity index is 812. The SMILES string of the molecule is C=C(C)C(=O)OCCCS(=O)(=O)Cl.C=Cc1ccc(S(=O)(=O)Cl)cc1. The first-order valence-electron chi connectivity index (χ1n) is 6.79. The van der Waals surface area contributed by atoms with Gasteiger partial charge >= 0.3 is 5.97 Å². The van der Waals surface area contributed by atoms with E-state index in [1.807, 2.05) is 0 Å². The molecule has 25 heavy (non-hydrogen) atoms. The molecule has 0 heterocycles. The van der Waals surface area contributed by atoms with Crippen LogP contribution in [0.3, 0.4) is 0 Å². The Hall–Kier alpha value is -1.35. The van der Waals surface area contributed by atoms with Gasteiger partial charge in [0.25, 0.3) is 9.05 Å². The van der Waals surface area contributed by atoms with Gasteiger partial charge in [-0.1, -0.05) is 31.4 Å². The van der Waals surface area contributed by atoms with E-state index < -0.39 is 24.1 Å². The van der Waals surface area contributed by atoms with E-state index in [-0.39, 0.29) is 29.2 Å². The Balaban J connectivity index is 0.000000462. The molecule has 140 valence electrons. The van der Waals surface area contributed by atoms with Gasteiger partial charge in [-0.2, -0.15) is 0 Å². The summed E-state index contributed by atoms with van der Waals surface area (Å²) in [6, 6.07) is 6.17. The molecule has 0 aliphatic rings. The number of hydrogen-bond acceptors (Lipinski definition) is 6. The molecule has 0 radical (unpaired) electrons. The van der Waals surface area contributed by atoms with Crippen LogP contribution >= 0.6 is 21.4 Å².